The van der Waals surface area contributed by atoms with Crippen LogP contribution in [0, 0.1) is 13.8 Å². The zero-order valence-electron chi connectivity index (χ0n) is 17.4. The minimum absolute atomic E-state index is 0.0356. The number of ether oxygens (including phenoxy) is 1. The zero-order valence-corrected chi connectivity index (χ0v) is 18.3. The Kier molecular flexibility index (Phi) is 7.44. The summed E-state index contributed by atoms with van der Waals surface area (Å²) in [4.78, 5) is 25.5. The summed E-state index contributed by atoms with van der Waals surface area (Å²) in [5.41, 5.74) is 4.03. The molecule has 0 aliphatic carbocycles. The van der Waals surface area contributed by atoms with Gasteiger partial charge in [0, 0.05) is 12.9 Å². The standard InChI is InChI=1S/C24H30NO3P/c1-19-10-9-11-20(2)24(19)25-22(26)17-29(14-7-4-8-15-29)18-23(27)28-16-21-12-5-3-6-13-21/h3,5-6,9-13H,4,7-8,14-18H2,1-2H3/p+1. The monoisotopic (exact) mass is 412 g/mol. The van der Waals surface area contributed by atoms with E-state index < -0.39 is 7.26 Å². The predicted octanol–water partition coefficient (Wildman–Crippen LogP) is 5.19. The second-order valence-corrected chi connectivity index (χ2v) is 12.3. The number of para-hydroxylation sites is 1. The summed E-state index contributed by atoms with van der Waals surface area (Å²) in [5.74, 6) is -0.127. The molecule has 1 N–H and O–H groups in total. The van der Waals surface area contributed by atoms with Crippen LogP contribution in [0.15, 0.2) is 48.5 Å². The third kappa shape index (κ3) is 6.14. The lowest BCUT2D eigenvalue weighted by atomic mass is 10.1. The van der Waals surface area contributed by atoms with Gasteiger partial charge in [0.05, 0.1) is 12.3 Å². The predicted molar refractivity (Wildman–Crippen MR) is 121 cm³/mol. The van der Waals surface area contributed by atoms with Gasteiger partial charge in [0.15, 0.2) is 6.16 Å². The molecule has 3 rings (SSSR count). The number of hydrogen-bond acceptors (Lipinski definition) is 3. The average Bonchev–Trinajstić information content (AvgIpc) is 2.71. The Hall–Kier alpha value is -2.19. The maximum absolute atomic E-state index is 12.9. The topological polar surface area (TPSA) is 55.4 Å². The average molecular weight is 412 g/mol. The normalized spacial score (nSPS) is 15.5. The lowest BCUT2D eigenvalue weighted by molar-refractivity contribution is -0.141. The number of esters is 1. The fourth-order valence-electron chi connectivity index (χ4n) is 4.11. The van der Waals surface area contributed by atoms with Crippen LogP contribution in [0.25, 0.3) is 0 Å². The molecule has 0 unspecified atom stereocenters. The molecule has 0 saturated carbocycles. The maximum atomic E-state index is 12.9. The van der Waals surface area contributed by atoms with Gasteiger partial charge in [0.2, 0.25) is 0 Å². The van der Waals surface area contributed by atoms with Gasteiger partial charge < -0.3 is 10.1 Å². The minimum Gasteiger partial charge on any atom is -0.458 e. The molecule has 5 heteroatoms. The molecule has 154 valence electrons. The highest BCUT2D eigenvalue weighted by atomic mass is 31.2. The van der Waals surface area contributed by atoms with Gasteiger partial charge >= 0.3 is 5.97 Å². The van der Waals surface area contributed by atoms with Gasteiger partial charge in [-0.05, 0) is 49.8 Å². The van der Waals surface area contributed by atoms with Gasteiger partial charge in [-0.3, -0.25) is 4.79 Å². The maximum Gasteiger partial charge on any atom is 0.344 e. The Balaban J connectivity index is 1.63. The number of amides is 1. The molecule has 0 atom stereocenters. The van der Waals surface area contributed by atoms with Crippen LogP contribution in [0.3, 0.4) is 0 Å². The van der Waals surface area contributed by atoms with E-state index in [0.717, 1.165) is 47.5 Å². The molecule has 0 aromatic heterocycles. The smallest absolute Gasteiger partial charge is 0.344 e. The third-order valence-electron chi connectivity index (χ3n) is 5.70. The van der Waals surface area contributed by atoms with Crippen LogP contribution in [0.5, 0.6) is 0 Å². The van der Waals surface area contributed by atoms with Crippen molar-refractivity contribution in [3.8, 4) is 0 Å². The lowest BCUT2D eigenvalue weighted by Gasteiger charge is -2.29. The SMILES string of the molecule is Cc1cccc(C)c1NC(=O)C[P+]1(CC(=O)OCc2ccccc2)CCCCC1. The number of aryl methyl sites for hydroxylation is 2. The van der Waals surface area contributed by atoms with E-state index in [2.05, 4.69) is 5.32 Å². The largest absolute Gasteiger partial charge is 0.458 e. The Morgan fingerprint density at radius 1 is 0.897 bits per heavy atom. The van der Waals surface area contributed by atoms with Gasteiger partial charge in [0.25, 0.3) is 5.91 Å². The molecule has 0 radical (unpaired) electrons. The van der Waals surface area contributed by atoms with Crippen LogP contribution in [0.2, 0.25) is 0 Å². The number of carbonyl (C=O) groups excluding carboxylic acids is 2. The number of benzene rings is 2. The minimum atomic E-state index is -1.68. The van der Waals surface area contributed by atoms with E-state index in [0.29, 0.717) is 18.9 Å². The molecule has 2 aromatic carbocycles. The summed E-state index contributed by atoms with van der Waals surface area (Å²) >= 11 is 0. The quantitative estimate of drug-likeness (QED) is 0.503. The van der Waals surface area contributed by atoms with Crippen LogP contribution >= 0.6 is 7.26 Å². The van der Waals surface area contributed by atoms with E-state index in [9.17, 15) is 9.59 Å². The summed E-state index contributed by atoms with van der Waals surface area (Å²) in [7, 11) is -1.68. The Labute approximate surface area is 174 Å². The molecule has 0 bridgehead atoms. The van der Waals surface area contributed by atoms with Crippen molar-refractivity contribution >= 4 is 24.8 Å². The first-order chi connectivity index (χ1) is 14.0. The zero-order chi connectivity index (χ0) is 20.7. The van der Waals surface area contributed by atoms with Gasteiger partial charge in [-0.25, -0.2) is 4.79 Å². The van der Waals surface area contributed by atoms with Crippen LogP contribution in [0.1, 0.15) is 36.0 Å². The van der Waals surface area contributed by atoms with Crippen molar-refractivity contribution in [2.24, 2.45) is 0 Å². The summed E-state index contributed by atoms with van der Waals surface area (Å²) in [6, 6.07) is 15.8. The number of anilines is 1. The van der Waals surface area contributed by atoms with Gasteiger partial charge in [-0.1, -0.05) is 48.5 Å². The molecule has 1 aliphatic rings. The summed E-state index contributed by atoms with van der Waals surface area (Å²) in [6.07, 6.45) is 6.31. The second-order valence-electron chi connectivity index (χ2n) is 8.13. The van der Waals surface area contributed by atoms with Crippen molar-refractivity contribution in [3.63, 3.8) is 0 Å². The molecule has 1 heterocycles. The summed E-state index contributed by atoms with van der Waals surface area (Å²) in [5, 5.41) is 3.12. The first-order valence-electron chi connectivity index (χ1n) is 10.4. The molecule has 2 aromatic rings. The third-order valence-corrected chi connectivity index (χ3v) is 10.1. The van der Waals surface area contributed by atoms with Crippen LogP contribution in [-0.4, -0.2) is 36.5 Å². The van der Waals surface area contributed by atoms with E-state index in [4.69, 9.17) is 4.74 Å². The Morgan fingerprint density at radius 2 is 1.55 bits per heavy atom. The molecule has 1 saturated heterocycles. The van der Waals surface area contributed by atoms with Crippen LogP contribution in [0.4, 0.5) is 5.69 Å². The molecule has 1 fully saturated rings. The molecule has 0 spiro atoms. The van der Waals surface area contributed by atoms with Gasteiger partial charge in [-0.2, -0.15) is 0 Å². The highest BCUT2D eigenvalue weighted by Gasteiger charge is 2.43. The van der Waals surface area contributed by atoms with E-state index >= 15 is 0 Å². The van der Waals surface area contributed by atoms with Crippen LogP contribution in [-0.2, 0) is 20.9 Å². The number of hydrogen-bond donors (Lipinski definition) is 1. The molecular formula is C24H31NO3P+. The lowest BCUT2D eigenvalue weighted by Crippen LogP contribution is -2.28. The Bertz CT molecular complexity index is 824. The Morgan fingerprint density at radius 3 is 2.21 bits per heavy atom. The molecule has 1 amide bonds. The van der Waals surface area contributed by atoms with E-state index in [-0.39, 0.29) is 11.9 Å². The molecule has 1 aliphatic heterocycles. The van der Waals surface area contributed by atoms with Gasteiger partial charge in [-0.15, -0.1) is 0 Å². The number of rotatable bonds is 7. The second kappa shape index (κ2) is 10.0. The number of nitrogens with one attached hydrogen (secondary N) is 1. The van der Waals surface area contributed by atoms with Crippen molar-refractivity contribution in [2.45, 2.75) is 39.7 Å². The number of carbonyl (C=O) groups is 2. The van der Waals surface area contributed by atoms with E-state index in [1.54, 1.807) is 0 Å². The van der Waals surface area contributed by atoms with Crippen molar-refractivity contribution < 1.29 is 14.3 Å². The highest BCUT2D eigenvalue weighted by molar-refractivity contribution is 7.77. The van der Waals surface area contributed by atoms with Crippen molar-refractivity contribution in [1.29, 1.82) is 0 Å². The van der Waals surface area contributed by atoms with E-state index in [1.165, 1.54) is 6.42 Å². The van der Waals surface area contributed by atoms with Crippen LogP contribution < -0.4 is 5.32 Å². The molecule has 4 nitrogen and oxygen atoms in total. The van der Waals surface area contributed by atoms with Crippen molar-refractivity contribution in [1.82, 2.24) is 0 Å². The van der Waals surface area contributed by atoms with Crippen molar-refractivity contribution in [3.05, 3.63) is 65.2 Å². The fraction of sp³-hybridized carbons (Fsp3) is 0.417. The molecule has 29 heavy (non-hydrogen) atoms. The fourth-order valence-corrected chi connectivity index (χ4v) is 8.19. The van der Waals surface area contributed by atoms with Crippen molar-refractivity contribution in [2.75, 3.05) is 30.0 Å². The van der Waals surface area contributed by atoms with E-state index in [1.807, 2.05) is 62.4 Å². The first-order valence-corrected chi connectivity index (χ1v) is 12.9. The van der Waals surface area contributed by atoms with Gasteiger partial charge in [0.1, 0.15) is 12.8 Å². The highest BCUT2D eigenvalue weighted by Crippen LogP contribution is 2.62. The summed E-state index contributed by atoms with van der Waals surface area (Å²) in [6.45, 7) is 4.32. The first kappa shape index (κ1) is 21.5. The summed E-state index contributed by atoms with van der Waals surface area (Å²) < 4.78 is 5.55. The molecular weight excluding hydrogens is 381 g/mol.